The van der Waals surface area contributed by atoms with Crippen molar-refractivity contribution < 1.29 is 4.39 Å². The van der Waals surface area contributed by atoms with Crippen LogP contribution in [0.3, 0.4) is 0 Å². The lowest BCUT2D eigenvalue weighted by atomic mass is 10.3. The van der Waals surface area contributed by atoms with Crippen molar-refractivity contribution in [2.45, 2.75) is 29.7 Å². The maximum Gasteiger partial charge on any atom is 0.231 e. The molecular formula is C18H19FN6S. The number of halogens is 1. The number of nitrogens with zero attached hydrogens (tertiary/aromatic N) is 3. The third-order valence-electron chi connectivity index (χ3n) is 3.25. The van der Waals surface area contributed by atoms with Gasteiger partial charge in [-0.25, -0.2) is 4.39 Å². The summed E-state index contributed by atoms with van der Waals surface area (Å²) in [5.41, 5.74) is 6.36. The minimum Gasteiger partial charge on any atom is -0.383 e. The molecule has 0 amide bonds. The van der Waals surface area contributed by atoms with E-state index < -0.39 is 0 Å². The Balaban J connectivity index is 1.76. The average molecular weight is 370 g/mol. The molecule has 6 nitrogen and oxygen atoms in total. The van der Waals surface area contributed by atoms with E-state index in [-0.39, 0.29) is 11.9 Å². The molecule has 3 aromatic rings. The zero-order valence-corrected chi connectivity index (χ0v) is 15.2. The van der Waals surface area contributed by atoms with Crippen LogP contribution in [0.4, 0.5) is 27.7 Å². The summed E-state index contributed by atoms with van der Waals surface area (Å²) >= 11 is 1.34. The molecule has 0 unspecified atom stereocenters. The third kappa shape index (κ3) is 4.82. The minimum atomic E-state index is -0.332. The van der Waals surface area contributed by atoms with E-state index in [2.05, 4.69) is 25.6 Å². The molecule has 26 heavy (non-hydrogen) atoms. The second-order valence-corrected chi connectivity index (χ2v) is 6.97. The van der Waals surface area contributed by atoms with Gasteiger partial charge < -0.3 is 16.4 Å². The quantitative estimate of drug-likeness (QED) is 0.596. The molecule has 0 aliphatic carbocycles. The van der Waals surface area contributed by atoms with Gasteiger partial charge in [0.2, 0.25) is 5.95 Å². The van der Waals surface area contributed by atoms with Crippen LogP contribution in [-0.4, -0.2) is 21.0 Å². The Morgan fingerprint density at radius 3 is 2.54 bits per heavy atom. The van der Waals surface area contributed by atoms with Gasteiger partial charge in [-0.2, -0.15) is 9.97 Å². The first-order valence-corrected chi connectivity index (χ1v) is 8.87. The first-order valence-electron chi connectivity index (χ1n) is 8.05. The molecule has 3 rings (SSSR count). The Kier molecular flexibility index (Phi) is 5.52. The maximum absolute atomic E-state index is 14.4. The van der Waals surface area contributed by atoms with Gasteiger partial charge in [0, 0.05) is 40.0 Å². The van der Waals surface area contributed by atoms with Gasteiger partial charge in [0.05, 0.1) is 0 Å². The molecule has 1 aromatic carbocycles. The van der Waals surface area contributed by atoms with E-state index in [0.717, 1.165) is 4.90 Å². The molecule has 0 spiro atoms. The Bertz CT molecular complexity index is 888. The van der Waals surface area contributed by atoms with E-state index in [1.807, 2.05) is 26.0 Å². The molecule has 134 valence electrons. The van der Waals surface area contributed by atoms with Crippen molar-refractivity contribution in [1.82, 2.24) is 15.0 Å². The number of aromatic nitrogens is 3. The van der Waals surface area contributed by atoms with Crippen molar-refractivity contribution in [3.05, 3.63) is 54.6 Å². The summed E-state index contributed by atoms with van der Waals surface area (Å²) in [5, 5.41) is 6.15. The molecule has 0 atom stereocenters. The molecule has 4 N–H and O–H groups in total. The Morgan fingerprint density at radius 1 is 1.08 bits per heavy atom. The van der Waals surface area contributed by atoms with Gasteiger partial charge in [0.25, 0.3) is 0 Å². The fourth-order valence-corrected chi connectivity index (χ4v) is 3.02. The lowest BCUT2D eigenvalue weighted by molar-refractivity contribution is 0.602. The summed E-state index contributed by atoms with van der Waals surface area (Å²) in [4.78, 5) is 13.9. The summed E-state index contributed by atoms with van der Waals surface area (Å²) in [6.45, 7) is 4.00. The number of rotatable bonds is 6. The average Bonchev–Trinajstić information content (AvgIpc) is 2.57. The Hall–Kier alpha value is -2.87. The molecule has 0 aliphatic rings. The maximum atomic E-state index is 14.4. The second kappa shape index (κ2) is 8.01. The number of nitrogen functional groups attached to an aromatic ring is 1. The topological polar surface area (TPSA) is 88.8 Å². The zero-order chi connectivity index (χ0) is 18.5. The van der Waals surface area contributed by atoms with Crippen LogP contribution in [0.15, 0.2) is 58.6 Å². The van der Waals surface area contributed by atoms with Crippen LogP contribution in [0.5, 0.6) is 0 Å². The van der Waals surface area contributed by atoms with E-state index in [1.54, 1.807) is 30.6 Å². The first-order chi connectivity index (χ1) is 12.5. The summed E-state index contributed by atoms with van der Waals surface area (Å²) in [7, 11) is 0. The highest BCUT2D eigenvalue weighted by atomic mass is 32.2. The number of benzene rings is 1. The van der Waals surface area contributed by atoms with Crippen LogP contribution in [0.2, 0.25) is 0 Å². The lowest BCUT2D eigenvalue weighted by Crippen LogP contribution is -2.12. The largest absolute Gasteiger partial charge is 0.383 e. The van der Waals surface area contributed by atoms with E-state index >= 15 is 0 Å². The zero-order valence-electron chi connectivity index (χ0n) is 14.4. The van der Waals surface area contributed by atoms with Crippen LogP contribution in [0, 0.1) is 5.82 Å². The fourth-order valence-electron chi connectivity index (χ4n) is 2.22. The van der Waals surface area contributed by atoms with Crippen molar-refractivity contribution >= 4 is 35.0 Å². The predicted octanol–water partition coefficient (Wildman–Crippen LogP) is 4.31. The van der Waals surface area contributed by atoms with Gasteiger partial charge in [-0.3, -0.25) is 4.98 Å². The van der Waals surface area contributed by atoms with E-state index in [1.165, 1.54) is 17.8 Å². The SMILES string of the molecule is CC(C)Nc1cc(N)nc(Nc2ccc(Sc3ccncc3)c(F)c2)n1. The van der Waals surface area contributed by atoms with Crippen molar-refractivity contribution in [1.29, 1.82) is 0 Å². The number of nitrogens with two attached hydrogens (primary N) is 1. The molecule has 0 aliphatic heterocycles. The third-order valence-corrected chi connectivity index (χ3v) is 4.31. The van der Waals surface area contributed by atoms with Gasteiger partial charge in [0.15, 0.2) is 0 Å². The van der Waals surface area contributed by atoms with E-state index in [0.29, 0.717) is 28.2 Å². The fraction of sp³-hybridized carbons (Fsp3) is 0.167. The van der Waals surface area contributed by atoms with Gasteiger partial charge >= 0.3 is 0 Å². The molecule has 2 aromatic heterocycles. The van der Waals surface area contributed by atoms with Gasteiger partial charge in [-0.15, -0.1) is 0 Å². The molecule has 0 fully saturated rings. The smallest absolute Gasteiger partial charge is 0.231 e. The highest BCUT2D eigenvalue weighted by molar-refractivity contribution is 7.99. The van der Waals surface area contributed by atoms with Gasteiger partial charge in [0.1, 0.15) is 17.5 Å². The van der Waals surface area contributed by atoms with Crippen LogP contribution >= 0.6 is 11.8 Å². The van der Waals surface area contributed by atoms with Crippen LogP contribution in [0.25, 0.3) is 0 Å². The van der Waals surface area contributed by atoms with Crippen molar-refractivity contribution in [3.63, 3.8) is 0 Å². The van der Waals surface area contributed by atoms with Crippen molar-refractivity contribution in [3.8, 4) is 0 Å². The first kappa shape index (κ1) is 17.9. The standard InChI is InChI=1S/C18H19FN6S/c1-11(2)22-17-10-16(20)24-18(25-17)23-12-3-4-15(14(19)9-12)26-13-5-7-21-8-6-13/h3-11H,1-2H3,(H4,20,22,23,24,25). The number of hydrogen-bond acceptors (Lipinski definition) is 7. The van der Waals surface area contributed by atoms with Gasteiger partial charge in [-0.05, 0) is 44.2 Å². The normalized spacial score (nSPS) is 10.8. The summed E-state index contributed by atoms with van der Waals surface area (Å²) in [6.07, 6.45) is 3.35. The molecule has 0 saturated carbocycles. The van der Waals surface area contributed by atoms with E-state index in [9.17, 15) is 4.39 Å². The van der Waals surface area contributed by atoms with Crippen LogP contribution in [0.1, 0.15) is 13.8 Å². The van der Waals surface area contributed by atoms with Crippen molar-refractivity contribution in [2.75, 3.05) is 16.4 Å². The molecule has 2 heterocycles. The van der Waals surface area contributed by atoms with Crippen molar-refractivity contribution in [2.24, 2.45) is 0 Å². The molecular weight excluding hydrogens is 351 g/mol. The summed E-state index contributed by atoms with van der Waals surface area (Å²) in [6, 6.07) is 10.4. The Morgan fingerprint density at radius 2 is 1.85 bits per heavy atom. The monoisotopic (exact) mass is 370 g/mol. The van der Waals surface area contributed by atoms with Gasteiger partial charge in [-0.1, -0.05) is 11.8 Å². The predicted molar refractivity (Wildman–Crippen MR) is 103 cm³/mol. The highest BCUT2D eigenvalue weighted by Crippen LogP contribution is 2.31. The van der Waals surface area contributed by atoms with Crippen LogP contribution < -0.4 is 16.4 Å². The number of nitrogens with one attached hydrogen (secondary N) is 2. The Labute approximate surface area is 155 Å². The minimum absolute atomic E-state index is 0.207. The molecule has 0 saturated heterocycles. The van der Waals surface area contributed by atoms with Crippen LogP contribution in [-0.2, 0) is 0 Å². The summed E-state index contributed by atoms with van der Waals surface area (Å²) < 4.78 is 14.4. The van der Waals surface area contributed by atoms with E-state index in [4.69, 9.17) is 5.73 Å². The summed E-state index contributed by atoms with van der Waals surface area (Å²) in [5.74, 6) is 0.916. The lowest BCUT2D eigenvalue weighted by Gasteiger charge is -2.12. The molecule has 0 radical (unpaired) electrons. The number of anilines is 4. The number of hydrogen-bond donors (Lipinski definition) is 3. The number of pyridine rings is 1. The molecule has 0 bridgehead atoms. The second-order valence-electron chi connectivity index (χ2n) is 5.86. The molecule has 8 heteroatoms. The highest BCUT2D eigenvalue weighted by Gasteiger charge is 2.08.